The summed E-state index contributed by atoms with van der Waals surface area (Å²) in [6.45, 7) is 4.82. The van der Waals surface area contributed by atoms with E-state index in [9.17, 15) is 4.79 Å². The molecule has 1 fully saturated rings. The number of benzene rings is 1. The fourth-order valence-electron chi connectivity index (χ4n) is 2.69. The van der Waals surface area contributed by atoms with E-state index in [1.165, 1.54) is 12.8 Å². The van der Waals surface area contributed by atoms with Crippen LogP contribution in [0.4, 0.5) is 0 Å². The van der Waals surface area contributed by atoms with Crippen LogP contribution in [-0.4, -0.2) is 12.4 Å². The number of Topliss-reactive ketones (excluding diaryl/α,β-unsaturated/α-hetero) is 1. The third-order valence-electron chi connectivity index (χ3n) is 3.84. The van der Waals surface area contributed by atoms with Crippen molar-refractivity contribution in [3.05, 3.63) is 29.8 Å². The summed E-state index contributed by atoms with van der Waals surface area (Å²) in [5.74, 6) is 1.98. The molecule has 0 saturated heterocycles. The maximum atomic E-state index is 12.5. The second-order valence-corrected chi connectivity index (χ2v) is 5.25. The number of ether oxygens (including phenoxy) is 1. The number of para-hydroxylation sites is 1. The fourth-order valence-corrected chi connectivity index (χ4v) is 2.69. The number of carbonyl (C=O) groups is 1. The molecule has 1 aromatic rings. The van der Waals surface area contributed by atoms with Gasteiger partial charge in [-0.3, -0.25) is 4.79 Å². The first-order chi connectivity index (χ1) is 8.72. The van der Waals surface area contributed by atoms with Gasteiger partial charge in [0.25, 0.3) is 0 Å². The highest BCUT2D eigenvalue weighted by Crippen LogP contribution is 2.32. The van der Waals surface area contributed by atoms with Crippen LogP contribution >= 0.6 is 0 Å². The average molecular weight is 246 g/mol. The zero-order valence-corrected chi connectivity index (χ0v) is 11.3. The molecule has 1 aliphatic carbocycles. The minimum absolute atomic E-state index is 0.197. The van der Waals surface area contributed by atoms with Gasteiger partial charge in [-0.1, -0.05) is 31.9 Å². The lowest BCUT2D eigenvalue weighted by molar-refractivity contribution is 0.0872. The van der Waals surface area contributed by atoms with Crippen molar-refractivity contribution in [3.8, 4) is 5.75 Å². The Hall–Kier alpha value is -1.31. The molecule has 1 aliphatic rings. The highest BCUT2D eigenvalue weighted by molar-refractivity contribution is 6.00. The molecule has 18 heavy (non-hydrogen) atoms. The lowest BCUT2D eigenvalue weighted by Crippen LogP contribution is -2.21. The van der Waals surface area contributed by atoms with Crippen molar-refractivity contribution in [3.63, 3.8) is 0 Å². The van der Waals surface area contributed by atoms with Crippen LogP contribution in [-0.2, 0) is 0 Å². The molecule has 0 unspecified atom stereocenters. The fraction of sp³-hybridized carbons (Fsp3) is 0.562. The van der Waals surface area contributed by atoms with E-state index in [0.717, 1.165) is 30.1 Å². The van der Waals surface area contributed by atoms with Crippen molar-refractivity contribution in [2.45, 2.75) is 39.5 Å². The zero-order valence-electron chi connectivity index (χ0n) is 11.3. The molecule has 0 radical (unpaired) electrons. The summed E-state index contributed by atoms with van der Waals surface area (Å²) in [7, 11) is 0. The molecular weight excluding hydrogens is 224 g/mol. The van der Waals surface area contributed by atoms with Gasteiger partial charge in [-0.05, 0) is 37.8 Å². The summed E-state index contributed by atoms with van der Waals surface area (Å²) < 4.78 is 5.55. The predicted octanol–water partition coefficient (Wildman–Crippen LogP) is 4.09. The highest BCUT2D eigenvalue weighted by Gasteiger charge is 2.26. The van der Waals surface area contributed by atoms with Crippen molar-refractivity contribution in [2.24, 2.45) is 11.8 Å². The molecule has 0 bridgehead atoms. The summed E-state index contributed by atoms with van der Waals surface area (Å²) in [5.41, 5.74) is 0.763. The van der Waals surface area contributed by atoms with E-state index in [1.54, 1.807) is 0 Å². The standard InChI is InChI=1S/C16H22O2/c1-3-18-15-7-5-4-6-14(15)16(17)13-10-8-12(2)9-11-13/h4-7,12-13H,3,8-11H2,1-2H3. The molecule has 2 rings (SSSR count). The lowest BCUT2D eigenvalue weighted by Gasteiger charge is -2.25. The van der Waals surface area contributed by atoms with Gasteiger partial charge in [0, 0.05) is 5.92 Å². The van der Waals surface area contributed by atoms with Crippen LogP contribution in [0.3, 0.4) is 0 Å². The molecule has 1 aromatic carbocycles. The molecule has 0 amide bonds. The first kappa shape index (κ1) is 13.1. The molecule has 2 heteroatoms. The maximum absolute atomic E-state index is 12.5. The molecule has 98 valence electrons. The predicted molar refractivity (Wildman–Crippen MR) is 73.1 cm³/mol. The van der Waals surface area contributed by atoms with Crippen molar-refractivity contribution < 1.29 is 9.53 Å². The number of carbonyl (C=O) groups excluding carboxylic acids is 1. The Bertz CT molecular complexity index is 403. The van der Waals surface area contributed by atoms with Crippen LogP contribution in [0.2, 0.25) is 0 Å². The van der Waals surface area contributed by atoms with Gasteiger partial charge in [0.1, 0.15) is 5.75 Å². The molecule has 0 aromatic heterocycles. The summed E-state index contributed by atoms with van der Waals surface area (Å²) >= 11 is 0. The molecule has 0 aliphatic heterocycles. The van der Waals surface area contributed by atoms with E-state index < -0.39 is 0 Å². The van der Waals surface area contributed by atoms with Crippen molar-refractivity contribution in [1.82, 2.24) is 0 Å². The van der Waals surface area contributed by atoms with Gasteiger partial charge < -0.3 is 4.74 Å². The van der Waals surface area contributed by atoms with E-state index >= 15 is 0 Å². The van der Waals surface area contributed by atoms with Gasteiger partial charge in [0.2, 0.25) is 0 Å². The van der Waals surface area contributed by atoms with Crippen LogP contribution < -0.4 is 4.74 Å². The van der Waals surface area contributed by atoms with Crippen LogP contribution in [0.1, 0.15) is 49.9 Å². The Morgan fingerprint density at radius 3 is 2.56 bits per heavy atom. The monoisotopic (exact) mass is 246 g/mol. The molecule has 0 heterocycles. The van der Waals surface area contributed by atoms with Crippen molar-refractivity contribution >= 4 is 5.78 Å². The quantitative estimate of drug-likeness (QED) is 0.748. The average Bonchev–Trinajstić information content (AvgIpc) is 2.40. The van der Waals surface area contributed by atoms with Crippen LogP contribution in [0.25, 0.3) is 0 Å². The van der Waals surface area contributed by atoms with E-state index in [1.807, 2.05) is 31.2 Å². The number of hydrogen-bond donors (Lipinski definition) is 0. The van der Waals surface area contributed by atoms with Crippen LogP contribution in [0.15, 0.2) is 24.3 Å². The van der Waals surface area contributed by atoms with E-state index in [4.69, 9.17) is 4.74 Å². The van der Waals surface area contributed by atoms with Gasteiger partial charge in [-0.25, -0.2) is 0 Å². The third-order valence-corrected chi connectivity index (χ3v) is 3.84. The Kier molecular flexibility index (Phi) is 4.40. The number of rotatable bonds is 4. The SMILES string of the molecule is CCOc1ccccc1C(=O)C1CCC(C)CC1. The van der Waals surface area contributed by atoms with Gasteiger partial charge in [0.05, 0.1) is 12.2 Å². The topological polar surface area (TPSA) is 26.3 Å². The minimum atomic E-state index is 0.197. The summed E-state index contributed by atoms with van der Waals surface area (Å²) in [4.78, 5) is 12.5. The maximum Gasteiger partial charge on any atom is 0.169 e. The number of hydrogen-bond acceptors (Lipinski definition) is 2. The number of ketones is 1. The van der Waals surface area contributed by atoms with Gasteiger partial charge in [-0.15, -0.1) is 0 Å². The van der Waals surface area contributed by atoms with Gasteiger partial charge in [0.15, 0.2) is 5.78 Å². The Morgan fingerprint density at radius 2 is 1.89 bits per heavy atom. The normalized spacial score (nSPS) is 23.7. The molecule has 0 N–H and O–H groups in total. The Balaban J connectivity index is 2.13. The zero-order chi connectivity index (χ0) is 13.0. The summed E-state index contributed by atoms with van der Waals surface area (Å²) in [6, 6.07) is 7.62. The second kappa shape index (κ2) is 6.03. The third kappa shape index (κ3) is 2.92. The second-order valence-electron chi connectivity index (χ2n) is 5.25. The Labute approximate surface area is 109 Å². The first-order valence-electron chi connectivity index (χ1n) is 6.98. The van der Waals surface area contributed by atoms with E-state index in [-0.39, 0.29) is 11.7 Å². The minimum Gasteiger partial charge on any atom is -0.493 e. The summed E-state index contributed by atoms with van der Waals surface area (Å²) in [6.07, 6.45) is 4.40. The van der Waals surface area contributed by atoms with Crippen molar-refractivity contribution in [1.29, 1.82) is 0 Å². The van der Waals surface area contributed by atoms with Crippen LogP contribution in [0, 0.1) is 11.8 Å². The largest absolute Gasteiger partial charge is 0.493 e. The molecular formula is C16H22O2. The lowest BCUT2D eigenvalue weighted by atomic mass is 9.79. The van der Waals surface area contributed by atoms with E-state index in [0.29, 0.717) is 6.61 Å². The molecule has 2 nitrogen and oxygen atoms in total. The highest BCUT2D eigenvalue weighted by atomic mass is 16.5. The first-order valence-corrected chi connectivity index (χ1v) is 6.98. The van der Waals surface area contributed by atoms with Crippen LogP contribution in [0.5, 0.6) is 5.75 Å². The van der Waals surface area contributed by atoms with Gasteiger partial charge >= 0.3 is 0 Å². The molecule has 0 spiro atoms. The van der Waals surface area contributed by atoms with Crippen molar-refractivity contribution in [2.75, 3.05) is 6.61 Å². The Morgan fingerprint density at radius 1 is 1.22 bits per heavy atom. The molecule has 1 saturated carbocycles. The van der Waals surface area contributed by atoms with E-state index in [2.05, 4.69) is 6.92 Å². The molecule has 0 atom stereocenters. The summed E-state index contributed by atoms with van der Waals surface area (Å²) in [5, 5.41) is 0. The smallest absolute Gasteiger partial charge is 0.169 e. The van der Waals surface area contributed by atoms with Gasteiger partial charge in [-0.2, -0.15) is 0 Å².